The van der Waals surface area contributed by atoms with Gasteiger partial charge in [-0.2, -0.15) is 0 Å². The number of nitrogens with zero attached hydrogens (tertiary/aromatic N) is 1. The van der Waals surface area contributed by atoms with Crippen LogP contribution in [0.2, 0.25) is 0 Å². The fourth-order valence-electron chi connectivity index (χ4n) is 2.02. The van der Waals surface area contributed by atoms with Crippen molar-refractivity contribution in [1.82, 2.24) is 5.32 Å². The lowest BCUT2D eigenvalue weighted by atomic mass is 9.83. The van der Waals surface area contributed by atoms with Gasteiger partial charge in [0.15, 0.2) is 0 Å². The monoisotopic (exact) mass is 264 g/mol. The molecule has 1 heterocycles. The van der Waals surface area contributed by atoms with Crippen LogP contribution in [0.3, 0.4) is 0 Å². The highest BCUT2D eigenvalue weighted by atomic mass is 19.1. The lowest BCUT2D eigenvalue weighted by molar-refractivity contribution is -0.119. The molecule has 0 radical (unpaired) electrons. The van der Waals surface area contributed by atoms with Crippen molar-refractivity contribution in [3.63, 3.8) is 0 Å². The summed E-state index contributed by atoms with van der Waals surface area (Å²) in [6, 6.07) is 4.65. The quantitative estimate of drug-likeness (QED) is 0.847. The zero-order valence-corrected chi connectivity index (χ0v) is 11.2. The van der Waals surface area contributed by atoms with E-state index in [0.717, 1.165) is 4.90 Å². The molecule has 0 aromatic heterocycles. The van der Waals surface area contributed by atoms with Gasteiger partial charge in [0.25, 0.3) is 0 Å². The van der Waals surface area contributed by atoms with Crippen molar-refractivity contribution >= 4 is 17.6 Å². The maximum Gasteiger partial charge on any atom is 0.328 e. The Balaban J connectivity index is 2.23. The molecule has 1 aromatic carbocycles. The Hall–Kier alpha value is -1.91. The van der Waals surface area contributed by atoms with Crippen LogP contribution < -0.4 is 10.2 Å². The number of benzene rings is 1. The number of anilines is 1. The summed E-state index contributed by atoms with van der Waals surface area (Å²) in [5, 5.41) is 2.82. The van der Waals surface area contributed by atoms with E-state index in [1.807, 2.05) is 20.8 Å². The van der Waals surface area contributed by atoms with Gasteiger partial charge in [0, 0.05) is 12.5 Å². The number of hydrogen-bond donors (Lipinski definition) is 1. The SMILES string of the molecule is CC(C)(C)C1CC(=O)N(c2ccc(F)cc2)C(=O)N1. The molecule has 5 heteroatoms. The van der Waals surface area contributed by atoms with Gasteiger partial charge in [-0.25, -0.2) is 14.1 Å². The molecular weight excluding hydrogens is 247 g/mol. The van der Waals surface area contributed by atoms with E-state index < -0.39 is 11.8 Å². The van der Waals surface area contributed by atoms with Crippen LogP contribution in [0.25, 0.3) is 0 Å². The molecule has 1 atom stereocenters. The smallest absolute Gasteiger partial charge is 0.328 e. The van der Waals surface area contributed by atoms with Crippen LogP contribution in [-0.2, 0) is 4.79 Å². The maximum atomic E-state index is 12.9. The normalized spacial score (nSPS) is 20.4. The predicted octanol–water partition coefficient (Wildman–Crippen LogP) is 2.69. The number of amides is 3. The van der Waals surface area contributed by atoms with E-state index in [1.54, 1.807) is 0 Å². The molecule has 102 valence electrons. The van der Waals surface area contributed by atoms with Crippen molar-refractivity contribution in [1.29, 1.82) is 0 Å². The van der Waals surface area contributed by atoms with Crippen LogP contribution in [0.4, 0.5) is 14.9 Å². The second-order valence-corrected chi connectivity index (χ2v) is 5.78. The van der Waals surface area contributed by atoms with E-state index in [0.29, 0.717) is 5.69 Å². The standard InChI is InChI=1S/C14H17FN2O2/c1-14(2,3)11-8-12(18)17(13(19)16-11)10-6-4-9(15)5-7-10/h4-7,11H,8H2,1-3H3,(H,16,19). The predicted molar refractivity (Wildman–Crippen MR) is 70.3 cm³/mol. The van der Waals surface area contributed by atoms with Crippen LogP contribution in [0.5, 0.6) is 0 Å². The van der Waals surface area contributed by atoms with E-state index in [4.69, 9.17) is 0 Å². The number of hydrogen-bond acceptors (Lipinski definition) is 2. The first-order chi connectivity index (χ1) is 8.79. The lowest BCUT2D eigenvalue weighted by Crippen LogP contribution is -2.58. The molecular formula is C14H17FN2O2. The number of nitrogens with one attached hydrogen (secondary N) is 1. The topological polar surface area (TPSA) is 49.4 Å². The minimum Gasteiger partial charge on any atom is -0.334 e. The van der Waals surface area contributed by atoms with E-state index >= 15 is 0 Å². The van der Waals surface area contributed by atoms with Gasteiger partial charge in [-0.3, -0.25) is 4.79 Å². The van der Waals surface area contributed by atoms with Crippen molar-refractivity contribution in [3.05, 3.63) is 30.1 Å². The minimum atomic E-state index is -0.456. The summed E-state index contributed by atoms with van der Waals surface area (Å²) in [6.45, 7) is 5.91. The van der Waals surface area contributed by atoms with E-state index in [-0.39, 0.29) is 23.8 Å². The molecule has 0 aliphatic carbocycles. The molecule has 1 unspecified atom stereocenters. The molecule has 2 rings (SSSR count). The first-order valence-electron chi connectivity index (χ1n) is 6.18. The largest absolute Gasteiger partial charge is 0.334 e. The zero-order chi connectivity index (χ0) is 14.2. The summed E-state index contributed by atoms with van der Waals surface area (Å²) in [5.41, 5.74) is 0.205. The molecule has 0 bridgehead atoms. The highest BCUT2D eigenvalue weighted by molar-refractivity contribution is 6.16. The molecule has 0 spiro atoms. The fraction of sp³-hybridized carbons (Fsp3) is 0.429. The van der Waals surface area contributed by atoms with Crippen molar-refractivity contribution < 1.29 is 14.0 Å². The van der Waals surface area contributed by atoms with Gasteiger partial charge in [-0.15, -0.1) is 0 Å². The molecule has 1 aliphatic heterocycles. The van der Waals surface area contributed by atoms with E-state index in [2.05, 4.69) is 5.32 Å². The number of halogens is 1. The fourth-order valence-corrected chi connectivity index (χ4v) is 2.02. The Bertz CT molecular complexity index is 487. The second kappa shape index (κ2) is 4.64. The van der Waals surface area contributed by atoms with Crippen LogP contribution in [-0.4, -0.2) is 18.0 Å². The van der Waals surface area contributed by atoms with Gasteiger partial charge < -0.3 is 5.32 Å². The van der Waals surface area contributed by atoms with Crippen molar-refractivity contribution in [2.75, 3.05) is 4.90 Å². The third-order valence-electron chi connectivity index (χ3n) is 3.26. The van der Waals surface area contributed by atoms with E-state index in [9.17, 15) is 14.0 Å². The molecule has 1 fully saturated rings. The third kappa shape index (κ3) is 2.75. The second-order valence-electron chi connectivity index (χ2n) is 5.78. The highest BCUT2D eigenvalue weighted by Gasteiger charge is 2.38. The third-order valence-corrected chi connectivity index (χ3v) is 3.26. The molecule has 1 saturated heterocycles. The maximum absolute atomic E-state index is 12.9. The van der Waals surface area contributed by atoms with E-state index in [1.165, 1.54) is 24.3 Å². The molecule has 4 nitrogen and oxygen atoms in total. The Morgan fingerprint density at radius 1 is 1.21 bits per heavy atom. The van der Waals surface area contributed by atoms with Crippen molar-refractivity contribution in [3.8, 4) is 0 Å². The lowest BCUT2D eigenvalue weighted by Gasteiger charge is -2.38. The van der Waals surface area contributed by atoms with Gasteiger partial charge >= 0.3 is 6.03 Å². The summed E-state index contributed by atoms with van der Waals surface area (Å²) in [5.74, 6) is -0.670. The Morgan fingerprint density at radius 3 is 2.26 bits per heavy atom. The zero-order valence-electron chi connectivity index (χ0n) is 11.2. The number of carbonyl (C=O) groups excluding carboxylic acids is 2. The van der Waals surface area contributed by atoms with Gasteiger partial charge in [-0.05, 0) is 29.7 Å². The average molecular weight is 264 g/mol. The Morgan fingerprint density at radius 2 is 1.79 bits per heavy atom. The summed E-state index contributed by atoms with van der Waals surface area (Å²) < 4.78 is 12.9. The van der Waals surface area contributed by atoms with Gasteiger partial charge in [-0.1, -0.05) is 20.8 Å². The van der Waals surface area contributed by atoms with Gasteiger partial charge in [0.2, 0.25) is 5.91 Å². The minimum absolute atomic E-state index is 0.180. The summed E-state index contributed by atoms with van der Waals surface area (Å²) in [6.07, 6.45) is 0.243. The number of urea groups is 1. The van der Waals surface area contributed by atoms with Crippen LogP contribution in [0.1, 0.15) is 27.2 Å². The Kier molecular flexibility index (Phi) is 3.30. The van der Waals surface area contributed by atoms with Crippen molar-refractivity contribution in [2.45, 2.75) is 33.2 Å². The Labute approximate surface area is 111 Å². The van der Waals surface area contributed by atoms with Crippen molar-refractivity contribution in [2.24, 2.45) is 5.41 Å². The van der Waals surface area contributed by atoms with Gasteiger partial charge in [0.1, 0.15) is 5.82 Å². The summed E-state index contributed by atoms with van der Waals surface area (Å²) in [7, 11) is 0. The molecule has 1 aromatic rings. The molecule has 0 saturated carbocycles. The first kappa shape index (κ1) is 13.5. The van der Waals surface area contributed by atoms with Crippen LogP contribution in [0.15, 0.2) is 24.3 Å². The molecule has 1 aliphatic rings. The number of carbonyl (C=O) groups is 2. The summed E-state index contributed by atoms with van der Waals surface area (Å²) >= 11 is 0. The number of imide groups is 1. The molecule has 3 amide bonds. The van der Waals surface area contributed by atoms with Crippen LogP contribution in [0, 0.1) is 11.2 Å². The van der Waals surface area contributed by atoms with Crippen LogP contribution >= 0.6 is 0 Å². The first-order valence-corrected chi connectivity index (χ1v) is 6.18. The highest BCUT2D eigenvalue weighted by Crippen LogP contribution is 2.27. The number of rotatable bonds is 1. The molecule has 19 heavy (non-hydrogen) atoms. The summed E-state index contributed by atoms with van der Waals surface area (Å²) in [4.78, 5) is 25.2. The van der Waals surface area contributed by atoms with Gasteiger partial charge in [0.05, 0.1) is 5.69 Å². The average Bonchev–Trinajstić information content (AvgIpc) is 2.29. The molecule has 1 N–H and O–H groups in total.